The van der Waals surface area contributed by atoms with Crippen molar-refractivity contribution in [3.63, 3.8) is 0 Å². The van der Waals surface area contributed by atoms with E-state index in [2.05, 4.69) is 0 Å². The number of rotatable bonds is 12. The van der Waals surface area contributed by atoms with E-state index in [-0.39, 0.29) is 99.4 Å². The smallest absolute Gasteiger partial charge is 0.317 e. The molecule has 2 saturated heterocycles. The second-order valence-corrected chi connectivity index (χ2v) is 12.2. The molecule has 4 atom stereocenters. The average molecular weight is 577 g/mol. The summed E-state index contributed by atoms with van der Waals surface area (Å²) in [5.74, 6) is -2.29. The molecule has 0 aromatic heterocycles. The lowest BCUT2D eigenvalue weighted by molar-refractivity contribution is -0.142. The summed E-state index contributed by atoms with van der Waals surface area (Å²) in [5.41, 5.74) is 0. The fourth-order valence-electron chi connectivity index (χ4n) is 7.59. The Balaban J connectivity index is 1.45. The van der Waals surface area contributed by atoms with Gasteiger partial charge in [0.2, 0.25) is 0 Å². The maximum Gasteiger partial charge on any atom is 0.317 e. The molecule has 12 nitrogen and oxygen atoms in total. The molecule has 2 aliphatic carbocycles. The zero-order chi connectivity index (χ0) is 29.5. The molecule has 4 aliphatic rings. The highest BCUT2D eigenvalue weighted by molar-refractivity contribution is 6.03. The predicted molar refractivity (Wildman–Crippen MR) is 148 cm³/mol. The summed E-state index contributed by atoms with van der Waals surface area (Å²) in [4.78, 5) is 80.2. The van der Waals surface area contributed by atoms with E-state index in [4.69, 9.17) is 0 Å². The number of likely N-dealkylation sites (tertiary alicyclic amines) is 2. The van der Waals surface area contributed by atoms with Crippen LogP contribution in [-0.2, 0) is 28.8 Å². The molecule has 0 amide bonds. The average Bonchev–Trinajstić information content (AvgIpc) is 2.90. The van der Waals surface area contributed by atoms with E-state index in [0.717, 1.165) is 51.4 Å². The van der Waals surface area contributed by atoms with Crippen LogP contribution in [0.3, 0.4) is 0 Å². The van der Waals surface area contributed by atoms with Crippen LogP contribution < -0.4 is 0 Å². The van der Waals surface area contributed by atoms with Crippen LogP contribution in [0.1, 0.15) is 70.6 Å². The van der Waals surface area contributed by atoms with Gasteiger partial charge in [0.15, 0.2) is 23.1 Å². The second-order valence-electron chi connectivity index (χ2n) is 12.2. The third-order valence-corrected chi connectivity index (χ3v) is 9.14. The van der Waals surface area contributed by atoms with Gasteiger partial charge in [-0.05, 0) is 32.1 Å². The molecule has 4 rings (SSSR count). The highest BCUT2D eigenvalue weighted by Crippen LogP contribution is 2.30. The lowest BCUT2D eigenvalue weighted by atomic mass is 9.86. The molecule has 4 unspecified atom stereocenters. The van der Waals surface area contributed by atoms with Crippen molar-refractivity contribution in [3.8, 4) is 0 Å². The minimum absolute atomic E-state index is 0.0337. The largest absolute Gasteiger partial charge is 0.480 e. The van der Waals surface area contributed by atoms with Crippen LogP contribution in [0.25, 0.3) is 0 Å². The molecule has 2 N–H and O–H groups in total. The van der Waals surface area contributed by atoms with Gasteiger partial charge in [0, 0.05) is 37.3 Å². The third-order valence-electron chi connectivity index (χ3n) is 9.14. The molecule has 2 saturated carbocycles. The summed E-state index contributed by atoms with van der Waals surface area (Å²) in [5, 5.41) is 19.5. The van der Waals surface area contributed by atoms with E-state index >= 15 is 0 Å². The highest BCUT2D eigenvalue weighted by Gasteiger charge is 2.40. The summed E-state index contributed by atoms with van der Waals surface area (Å²) in [6.07, 6.45) is 7.41. The fourth-order valence-corrected chi connectivity index (χ4v) is 7.59. The van der Waals surface area contributed by atoms with Gasteiger partial charge in [-0.3, -0.25) is 48.4 Å². The standard InChI is InChI=1S/C29H44N4O8/c34-20-12-21(35)15-32(14-20)26-8-3-1-6-24(26)30(18-28(38)39)10-5-11-31(19-29(40)41)25-7-2-4-9-27(25)33-16-22(36)13-23(37)17-33/h24-27H,1-19H2,(H,38,39)(H,40,41). The minimum Gasteiger partial charge on any atom is -0.480 e. The first-order valence-electron chi connectivity index (χ1n) is 15.1. The Labute approximate surface area is 241 Å². The number of hydrogen-bond acceptors (Lipinski definition) is 10. The molecule has 228 valence electrons. The first-order chi connectivity index (χ1) is 19.6. The van der Waals surface area contributed by atoms with Crippen LogP contribution in [0.15, 0.2) is 0 Å². The van der Waals surface area contributed by atoms with Gasteiger partial charge in [-0.15, -0.1) is 0 Å². The number of carboxylic acids is 2. The lowest BCUT2D eigenvalue weighted by Gasteiger charge is -2.46. The molecule has 2 aliphatic heterocycles. The van der Waals surface area contributed by atoms with E-state index in [0.29, 0.717) is 19.5 Å². The Morgan fingerprint density at radius 2 is 0.951 bits per heavy atom. The van der Waals surface area contributed by atoms with Crippen LogP contribution in [0.2, 0.25) is 0 Å². The molecule has 12 heteroatoms. The van der Waals surface area contributed by atoms with Crippen molar-refractivity contribution in [3.05, 3.63) is 0 Å². The summed E-state index contributed by atoms with van der Waals surface area (Å²) in [6.45, 7) is 1.40. The van der Waals surface area contributed by atoms with Crippen molar-refractivity contribution < 1.29 is 39.0 Å². The van der Waals surface area contributed by atoms with Crippen molar-refractivity contribution in [2.24, 2.45) is 0 Å². The van der Waals surface area contributed by atoms with Gasteiger partial charge >= 0.3 is 11.9 Å². The fraction of sp³-hybridized carbons (Fsp3) is 0.793. The van der Waals surface area contributed by atoms with E-state index in [1.807, 2.05) is 19.6 Å². The highest BCUT2D eigenvalue weighted by atomic mass is 16.4. The number of carbonyl (C=O) groups is 6. The number of ketones is 4. The van der Waals surface area contributed by atoms with Crippen molar-refractivity contribution in [2.75, 3.05) is 52.4 Å². The van der Waals surface area contributed by atoms with E-state index < -0.39 is 11.9 Å². The minimum atomic E-state index is -0.950. The topological polar surface area (TPSA) is 156 Å². The molecule has 0 bridgehead atoms. The van der Waals surface area contributed by atoms with Crippen molar-refractivity contribution in [1.29, 1.82) is 0 Å². The van der Waals surface area contributed by atoms with E-state index in [9.17, 15) is 39.0 Å². The summed E-state index contributed by atoms with van der Waals surface area (Å²) in [6, 6.07) is -0.384. The lowest BCUT2D eigenvalue weighted by Crippen LogP contribution is -2.59. The molecule has 0 aromatic rings. The third kappa shape index (κ3) is 8.73. The quantitative estimate of drug-likeness (QED) is 0.310. The number of Topliss-reactive ketones (excluding diaryl/α,β-unsaturated/α-hetero) is 4. The van der Waals surface area contributed by atoms with Crippen molar-refractivity contribution in [2.45, 2.75) is 94.8 Å². The van der Waals surface area contributed by atoms with Gasteiger partial charge in [-0.25, -0.2) is 0 Å². The molecule has 0 radical (unpaired) electrons. The number of carboxylic acid groups (broad SMARTS) is 2. The van der Waals surface area contributed by atoms with E-state index in [1.54, 1.807) is 0 Å². The summed E-state index contributed by atoms with van der Waals surface area (Å²) >= 11 is 0. The zero-order valence-corrected chi connectivity index (χ0v) is 23.9. The van der Waals surface area contributed by atoms with Gasteiger partial charge in [0.05, 0.1) is 52.1 Å². The van der Waals surface area contributed by atoms with Crippen LogP contribution >= 0.6 is 0 Å². The van der Waals surface area contributed by atoms with Crippen LogP contribution in [0, 0.1) is 0 Å². The molecule has 41 heavy (non-hydrogen) atoms. The second kappa shape index (κ2) is 14.6. The molecule has 4 fully saturated rings. The van der Waals surface area contributed by atoms with Crippen LogP contribution in [0.5, 0.6) is 0 Å². The predicted octanol–water partition coefficient (Wildman–Crippen LogP) is 0.460. The Morgan fingerprint density at radius 3 is 1.29 bits per heavy atom. The molecular weight excluding hydrogens is 532 g/mol. The molecule has 0 spiro atoms. The van der Waals surface area contributed by atoms with Gasteiger partial charge in [0.25, 0.3) is 0 Å². The monoisotopic (exact) mass is 576 g/mol. The first kappa shape index (κ1) is 31.4. The van der Waals surface area contributed by atoms with Gasteiger partial charge in [-0.1, -0.05) is 25.7 Å². The number of aliphatic carboxylic acids is 2. The number of nitrogens with zero attached hydrogens (tertiary/aromatic N) is 4. The van der Waals surface area contributed by atoms with Crippen LogP contribution in [-0.4, -0.2) is 141 Å². The maximum atomic E-state index is 12.2. The Morgan fingerprint density at radius 1 is 0.610 bits per heavy atom. The SMILES string of the molecule is O=C(O)CN(CCCN(CC(=O)O)C1CCCCC1N1CC(=O)CC(=O)C1)C1CCCCC1N1CC(=O)CC(=O)C1. The van der Waals surface area contributed by atoms with Gasteiger partial charge in [0.1, 0.15) is 0 Å². The Bertz CT molecular complexity index is 909. The van der Waals surface area contributed by atoms with Crippen LogP contribution in [0.4, 0.5) is 0 Å². The van der Waals surface area contributed by atoms with Gasteiger partial charge in [-0.2, -0.15) is 0 Å². The number of carbonyl (C=O) groups excluding carboxylic acids is 4. The molecule has 0 aromatic carbocycles. The number of piperidine rings is 2. The number of hydrogen-bond donors (Lipinski definition) is 2. The zero-order valence-electron chi connectivity index (χ0n) is 23.9. The molecule has 2 heterocycles. The normalized spacial score (nSPS) is 28.9. The molecular formula is C29H44N4O8. The van der Waals surface area contributed by atoms with Crippen molar-refractivity contribution in [1.82, 2.24) is 19.6 Å². The van der Waals surface area contributed by atoms with Gasteiger partial charge < -0.3 is 10.2 Å². The summed E-state index contributed by atoms with van der Waals surface area (Å²) in [7, 11) is 0. The Hall–Kier alpha value is -2.54. The maximum absolute atomic E-state index is 12.2. The van der Waals surface area contributed by atoms with Crippen molar-refractivity contribution >= 4 is 35.1 Å². The first-order valence-corrected chi connectivity index (χ1v) is 15.1. The van der Waals surface area contributed by atoms with E-state index in [1.165, 1.54) is 0 Å². The Kier molecular flexibility index (Phi) is 11.2. The summed E-state index contributed by atoms with van der Waals surface area (Å²) < 4.78 is 0.